The van der Waals surface area contributed by atoms with Crippen molar-refractivity contribution in [2.24, 2.45) is 17.8 Å². The van der Waals surface area contributed by atoms with Gasteiger partial charge in [0.25, 0.3) is 0 Å². The molecule has 120 valence electrons. The summed E-state index contributed by atoms with van der Waals surface area (Å²) in [5, 5.41) is 5.44. The highest BCUT2D eigenvalue weighted by atomic mass is 32.1. The first-order valence-corrected chi connectivity index (χ1v) is 9.06. The first kappa shape index (κ1) is 14.8. The number of carbonyl (C=O) groups excluding carboxylic acids is 1. The minimum absolute atomic E-state index is 0.0718. The summed E-state index contributed by atoms with van der Waals surface area (Å²) in [5.74, 6) is 2.00. The molecule has 0 saturated heterocycles. The largest absolute Gasteiger partial charge is 0.302 e. The van der Waals surface area contributed by atoms with E-state index in [1.54, 1.807) is 12.1 Å². The van der Waals surface area contributed by atoms with Crippen molar-refractivity contribution >= 4 is 22.4 Å². The van der Waals surface area contributed by atoms with Crippen LogP contribution in [-0.4, -0.2) is 10.9 Å². The summed E-state index contributed by atoms with van der Waals surface area (Å²) in [6, 6.07) is 6.24. The van der Waals surface area contributed by atoms with Crippen molar-refractivity contribution in [3.63, 3.8) is 0 Å². The van der Waals surface area contributed by atoms with Gasteiger partial charge in [-0.05, 0) is 61.3 Å². The number of fused-ring (bicyclic) bond motifs is 2. The molecule has 1 N–H and O–H groups in total. The van der Waals surface area contributed by atoms with Gasteiger partial charge in [0.15, 0.2) is 5.13 Å². The van der Waals surface area contributed by atoms with Crippen molar-refractivity contribution in [1.29, 1.82) is 0 Å². The predicted molar refractivity (Wildman–Crippen MR) is 89.7 cm³/mol. The van der Waals surface area contributed by atoms with Gasteiger partial charge in [-0.2, -0.15) is 0 Å². The molecule has 1 heterocycles. The van der Waals surface area contributed by atoms with E-state index in [-0.39, 0.29) is 11.7 Å². The Labute approximate surface area is 138 Å². The second-order valence-electron chi connectivity index (χ2n) is 6.73. The molecule has 2 saturated carbocycles. The standard InChI is InChI=1S/C18H19FN2OS/c19-15-5-3-12(4-6-15)16-10-23-18(20-16)21-17(22)9-14-8-11-1-2-13(14)7-11/h3-6,10-11,13-14H,1-2,7-9H2,(H,20,21,22)/t11-,13-,14+/m1/s1. The fourth-order valence-electron chi connectivity index (χ4n) is 4.12. The Morgan fingerprint density at radius 3 is 2.78 bits per heavy atom. The molecule has 3 nitrogen and oxygen atoms in total. The van der Waals surface area contributed by atoms with Crippen molar-refractivity contribution in [1.82, 2.24) is 4.98 Å². The van der Waals surface area contributed by atoms with E-state index in [1.165, 1.54) is 49.2 Å². The number of rotatable bonds is 4. The Morgan fingerprint density at radius 1 is 1.26 bits per heavy atom. The second-order valence-corrected chi connectivity index (χ2v) is 7.59. The SMILES string of the molecule is O=C(C[C@@H]1C[C@@H]2CC[C@@H]1C2)Nc1nc(-c2ccc(F)cc2)cs1. The topological polar surface area (TPSA) is 42.0 Å². The summed E-state index contributed by atoms with van der Waals surface area (Å²) in [7, 11) is 0. The average molecular weight is 330 g/mol. The molecule has 0 spiro atoms. The molecule has 0 radical (unpaired) electrons. The third kappa shape index (κ3) is 3.15. The number of halogens is 1. The molecule has 1 aromatic heterocycles. The smallest absolute Gasteiger partial charge is 0.226 e. The van der Waals surface area contributed by atoms with Gasteiger partial charge < -0.3 is 5.32 Å². The van der Waals surface area contributed by atoms with Crippen molar-refractivity contribution in [2.75, 3.05) is 5.32 Å². The maximum Gasteiger partial charge on any atom is 0.226 e. The lowest BCUT2D eigenvalue weighted by Gasteiger charge is -2.20. The third-order valence-electron chi connectivity index (χ3n) is 5.22. The molecule has 1 amide bonds. The molecule has 23 heavy (non-hydrogen) atoms. The van der Waals surface area contributed by atoms with Crippen LogP contribution >= 0.6 is 11.3 Å². The molecular formula is C18H19FN2OS. The minimum Gasteiger partial charge on any atom is -0.302 e. The number of carbonyl (C=O) groups is 1. The highest BCUT2D eigenvalue weighted by molar-refractivity contribution is 7.14. The maximum atomic E-state index is 13.0. The summed E-state index contributed by atoms with van der Waals surface area (Å²) in [4.78, 5) is 16.7. The Balaban J connectivity index is 1.37. The van der Waals surface area contributed by atoms with Crippen LogP contribution in [0.1, 0.15) is 32.1 Å². The maximum absolute atomic E-state index is 13.0. The van der Waals surface area contributed by atoms with Crippen LogP contribution in [0.2, 0.25) is 0 Å². The summed E-state index contributed by atoms with van der Waals surface area (Å²) in [6.45, 7) is 0. The third-order valence-corrected chi connectivity index (χ3v) is 5.98. The van der Waals surface area contributed by atoms with Gasteiger partial charge in [0, 0.05) is 17.4 Å². The molecule has 0 unspecified atom stereocenters. The minimum atomic E-state index is -0.261. The van der Waals surface area contributed by atoms with Crippen molar-refractivity contribution in [2.45, 2.75) is 32.1 Å². The first-order valence-electron chi connectivity index (χ1n) is 8.18. The quantitative estimate of drug-likeness (QED) is 0.882. The predicted octanol–water partition coefficient (Wildman–Crippen LogP) is 4.71. The zero-order valence-corrected chi connectivity index (χ0v) is 13.6. The lowest BCUT2D eigenvalue weighted by molar-refractivity contribution is -0.117. The molecule has 2 bridgehead atoms. The molecule has 3 atom stereocenters. The van der Waals surface area contributed by atoms with Crippen LogP contribution < -0.4 is 5.32 Å². The van der Waals surface area contributed by atoms with Gasteiger partial charge in [-0.3, -0.25) is 4.79 Å². The first-order chi connectivity index (χ1) is 11.2. The Morgan fingerprint density at radius 2 is 2.09 bits per heavy atom. The summed E-state index contributed by atoms with van der Waals surface area (Å²) < 4.78 is 13.0. The summed E-state index contributed by atoms with van der Waals surface area (Å²) >= 11 is 1.41. The molecule has 2 aliphatic carbocycles. The van der Waals surface area contributed by atoms with E-state index < -0.39 is 0 Å². The van der Waals surface area contributed by atoms with Crippen LogP contribution in [0.5, 0.6) is 0 Å². The number of hydrogen-bond donors (Lipinski definition) is 1. The number of amides is 1. The normalized spacial score (nSPS) is 25.7. The molecular weight excluding hydrogens is 311 g/mol. The zero-order valence-electron chi connectivity index (χ0n) is 12.8. The second kappa shape index (κ2) is 6.04. The van der Waals surface area contributed by atoms with Gasteiger partial charge in [-0.25, -0.2) is 9.37 Å². The summed E-state index contributed by atoms with van der Waals surface area (Å²) in [6.07, 6.45) is 5.82. The molecule has 5 heteroatoms. The molecule has 1 aromatic carbocycles. The molecule has 0 aliphatic heterocycles. The van der Waals surface area contributed by atoms with Gasteiger partial charge in [-0.1, -0.05) is 6.42 Å². The van der Waals surface area contributed by atoms with Crippen LogP contribution in [-0.2, 0) is 4.79 Å². The highest BCUT2D eigenvalue weighted by Gasteiger charge is 2.40. The molecule has 2 aromatic rings. The van der Waals surface area contributed by atoms with E-state index in [0.29, 0.717) is 17.5 Å². The van der Waals surface area contributed by atoms with Crippen LogP contribution in [0.15, 0.2) is 29.6 Å². The Hall–Kier alpha value is -1.75. The Bertz CT molecular complexity index is 712. The van der Waals surface area contributed by atoms with Crippen LogP contribution in [0, 0.1) is 23.6 Å². The number of benzene rings is 1. The fourth-order valence-corrected chi connectivity index (χ4v) is 4.86. The zero-order chi connectivity index (χ0) is 15.8. The van der Waals surface area contributed by atoms with Crippen LogP contribution in [0.3, 0.4) is 0 Å². The highest BCUT2D eigenvalue weighted by Crippen LogP contribution is 2.49. The van der Waals surface area contributed by atoms with E-state index >= 15 is 0 Å². The lowest BCUT2D eigenvalue weighted by atomic mass is 9.86. The molecule has 4 rings (SSSR count). The molecule has 2 aliphatic rings. The van der Waals surface area contributed by atoms with Gasteiger partial charge in [0.2, 0.25) is 5.91 Å². The molecule has 2 fully saturated rings. The van der Waals surface area contributed by atoms with Gasteiger partial charge in [-0.15, -0.1) is 11.3 Å². The van der Waals surface area contributed by atoms with E-state index in [0.717, 1.165) is 23.1 Å². The van der Waals surface area contributed by atoms with Gasteiger partial charge in [0.1, 0.15) is 5.82 Å². The number of nitrogens with zero attached hydrogens (tertiary/aromatic N) is 1. The van der Waals surface area contributed by atoms with Crippen molar-refractivity contribution in [3.8, 4) is 11.3 Å². The van der Waals surface area contributed by atoms with E-state index in [2.05, 4.69) is 10.3 Å². The van der Waals surface area contributed by atoms with Crippen LogP contribution in [0.25, 0.3) is 11.3 Å². The number of anilines is 1. The number of hydrogen-bond acceptors (Lipinski definition) is 3. The van der Waals surface area contributed by atoms with E-state index in [4.69, 9.17) is 0 Å². The number of aromatic nitrogens is 1. The number of thiazole rings is 1. The van der Waals surface area contributed by atoms with E-state index in [1.807, 2.05) is 5.38 Å². The van der Waals surface area contributed by atoms with E-state index in [9.17, 15) is 9.18 Å². The summed E-state index contributed by atoms with van der Waals surface area (Å²) in [5.41, 5.74) is 1.63. The fraction of sp³-hybridized carbons (Fsp3) is 0.444. The van der Waals surface area contributed by atoms with Crippen molar-refractivity contribution < 1.29 is 9.18 Å². The van der Waals surface area contributed by atoms with Gasteiger partial charge >= 0.3 is 0 Å². The lowest BCUT2D eigenvalue weighted by Crippen LogP contribution is -2.20. The monoisotopic (exact) mass is 330 g/mol. The van der Waals surface area contributed by atoms with Gasteiger partial charge in [0.05, 0.1) is 5.69 Å². The average Bonchev–Trinajstić information content (AvgIpc) is 3.24. The van der Waals surface area contributed by atoms with Crippen LogP contribution in [0.4, 0.5) is 9.52 Å². The van der Waals surface area contributed by atoms with Crippen molar-refractivity contribution in [3.05, 3.63) is 35.5 Å². The number of nitrogens with one attached hydrogen (secondary N) is 1. The Kier molecular flexibility index (Phi) is 3.89.